The van der Waals surface area contributed by atoms with Crippen molar-refractivity contribution in [1.29, 1.82) is 0 Å². The van der Waals surface area contributed by atoms with Crippen LogP contribution in [0.1, 0.15) is 49.8 Å². The summed E-state index contributed by atoms with van der Waals surface area (Å²) in [6.45, 7) is 1.40. The summed E-state index contributed by atoms with van der Waals surface area (Å²) < 4.78 is 0. The zero-order valence-electron chi connectivity index (χ0n) is 13.8. The quantitative estimate of drug-likeness (QED) is 0.920. The highest BCUT2D eigenvalue weighted by atomic mass is 32.1. The number of rotatable bonds is 4. The van der Waals surface area contributed by atoms with Crippen LogP contribution in [-0.4, -0.2) is 36.9 Å². The van der Waals surface area contributed by atoms with Crippen LogP contribution in [0.25, 0.3) is 0 Å². The predicted molar refractivity (Wildman–Crippen MR) is 92.5 cm³/mol. The Morgan fingerprint density at radius 2 is 2.17 bits per heavy atom. The van der Waals surface area contributed by atoms with Gasteiger partial charge in [0.05, 0.1) is 0 Å². The molecule has 2 fully saturated rings. The van der Waals surface area contributed by atoms with Crippen molar-refractivity contribution in [2.45, 2.75) is 50.4 Å². The third-order valence-electron chi connectivity index (χ3n) is 5.49. The van der Waals surface area contributed by atoms with Crippen molar-refractivity contribution in [3.63, 3.8) is 0 Å². The molecule has 1 aliphatic heterocycles. The molecular formula is C18H26N2O2S. The van der Waals surface area contributed by atoms with Gasteiger partial charge >= 0.3 is 0 Å². The van der Waals surface area contributed by atoms with Crippen molar-refractivity contribution >= 4 is 23.2 Å². The lowest BCUT2D eigenvalue weighted by Gasteiger charge is -2.37. The van der Waals surface area contributed by atoms with Crippen molar-refractivity contribution in [1.82, 2.24) is 10.2 Å². The van der Waals surface area contributed by atoms with Gasteiger partial charge in [0.25, 0.3) is 0 Å². The van der Waals surface area contributed by atoms with E-state index < -0.39 is 0 Å². The smallest absolute Gasteiger partial charge is 0.223 e. The number of likely N-dealkylation sites (tertiary alicyclic amines) is 1. The number of thiophene rings is 1. The number of hydrogen-bond acceptors (Lipinski definition) is 3. The molecule has 23 heavy (non-hydrogen) atoms. The Balaban J connectivity index is 1.63. The molecule has 4 nitrogen and oxygen atoms in total. The molecule has 126 valence electrons. The molecule has 1 saturated heterocycles. The number of nitrogens with zero attached hydrogens (tertiary/aromatic N) is 1. The summed E-state index contributed by atoms with van der Waals surface area (Å²) >= 11 is 1.80. The summed E-state index contributed by atoms with van der Waals surface area (Å²) in [5, 5.41) is 5.31. The summed E-state index contributed by atoms with van der Waals surface area (Å²) in [7, 11) is 1.81. The van der Waals surface area contributed by atoms with Crippen molar-refractivity contribution < 1.29 is 9.59 Å². The minimum Gasteiger partial charge on any atom is -0.355 e. The Morgan fingerprint density at radius 3 is 2.83 bits per heavy atom. The van der Waals surface area contributed by atoms with Crippen LogP contribution in [-0.2, 0) is 15.0 Å². The number of piperidine rings is 1. The van der Waals surface area contributed by atoms with Gasteiger partial charge in [0.2, 0.25) is 11.8 Å². The van der Waals surface area contributed by atoms with Gasteiger partial charge in [-0.2, -0.15) is 0 Å². The Hall–Kier alpha value is -1.36. The molecule has 2 heterocycles. The average molecular weight is 334 g/mol. The summed E-state index contributed by atoms with van der Waals surface area (Å²) in [4.78, 5) is 27.5. The van der Waals surface area contributed by atoms with E-state index >= 15 is 0 Å². The van der Waals surface area contributed by atoms with Crippen LogP contribution in [0.5, 0.6) is 0 Å². The molecule has 0 bridgehead atoms. The molecule has 1 unspecified atom stereocenters. The molecule has 5 heteroatoms. The van der Waals surface area contributed by atoms with Crippen molar-refractivity contribution in [3.05, 3.63) is 22.4 Å². The second-order valence-electron chi connectivity index (χ2n) is 7.04. The van der Waals surface area contributed by atoms with E-state index in [0.717, 1.165) is 19.3 Å². The average Bonchev–Trinajstić information content (AvgIpc) is 3.11. The van der Waals surface area contributed by atoms with E-state index in [1.54, 1.807) is 16.2 Å². The molecule has 1 atom stereocenters. The van der Waals surface area contributed by atoms with Gasteiger partial charge in [-0.25, -0.2) is 0 Å². The van der Waals surface area contributed by atoms with Gasteiger partial charge in [-0.15, -0.1) is 11.3 Å². The molecule has 1 aliphatic carbocycles. The number of carbonyl (C=O) groups excluding carboxylic acids is 2. The molecular weight excluding hydrogens is 308 g/mol. The largest absolute Gasteiger partial charge is 0.355 e. The number of carbonyl (C=O) groups is 2. The van der Waals surface area contributed by atoms with E-state index in [1.165, 1.54) is 24.1 Å². The highest BCUT2D eigenvalue weighted by Gasteiger charge is 2.36. The van der Waals surface area contributed by atoms with Gasteiger partial charge in [0, 0.05) is 42.8 Å². The Kier molecular flexibility index (Phi) is 5.05. The maximum atomic E-state index is 12.5. The van der Waals surface area contributed by atoms with Crippen LogP contribution in [0, 0.1) is 5.92 Å². The van der Waals surface area contributed by atoms with Gasteiger partial charge < -0.3 is 10.2 Å². The van der Waals surface area contributed by atoms with Gasteiger partial charge in [-0.05, 0) is 30.7 Å². The van der Waals surface area contributed by atoms with Gasteiger partial charge in [-0.3, -0.25) is 9.59 Å². The number of nitrogens with one attached hydrogen (secondary N) is 1. The van der Waals surface area contributed by atoms with Gasteiger partial charge in [-0.1, -0.05) is 25.3 Å². The van der Waals surface area contributed by atoms with E-state index in [9.17, 15) is 9.59 Å². The van der Waals surface area contributed by atoms with Crippen molar-refractivity contribution in [3.8, 4) is 0 Å². The molecule has 3 rings (SSSR count). The third-order valence-corrected chi connectivity index (χ3v) is 6.60. The van der Waals surface area contributed by atoms with Crippen molar-refractivity contribution in [2.75, 3.05) is 20.1 Å². The van der Waals surface area contributed by atoms with E-state index in [4.69, 9.17) is 0 Å². The zero-order chi connectivity index (χ0) is 16.3. The van der Waals surface area contributed by atoms with Gasteiger partial charge in [0.15, 0.2) is 0 Å². The van der Waals surface area contributed by atoms with E-state index in [0.29, 0.717) is 19.5 Å². The van der Waals surface area contributed by atoms with Crippen LogP contribution in [0.2, 0.25) is 0 Å². The first-order valence-electron chi connectivity index (χ1n) is 8.66. The SMILES string of the molecule is CN1CCC(C(=O)NCC2(c3cccs3)CCCCC2)CC1=O. The van der Waals surface area contributed by atoms with Crippen LogP contribution in [0.15, 0.2) is 17.5 Å². The molecule has 1 saturated carbocycles. The van der Waals surface area contributed by atoms with E-state index in [1.807, 2.05) is 7.05 Å². The number of hydrogen-bond donors (Lipinski definition) is 1. The van der Waals surface area contributed by atoms with Crippen LogP contribution in [0.4, 0.5) is 0 Å². The van der Waals surface area contributed by atoms with Crippen LogP contribution in [0.3, 0.4) is 0 Å². The second-order valence-corrected chi connectivity index (χ2v) is 7.99. The minimum atomic E-state index is -0.150. The molecule has 0 radical (unpaired) electrons. The Bertz CT molecular complexity index is 549. The molecule has 2 aliphatic rings. The first-order valence-corrected chi connectivity index (χ1v) is 9.54. The van der Waals surface area contributed by atoms with E-state index in [-0.39, 0.29) is 23.1 Å². The first-order chi connectivity index (χ1) is 11.1. The zero-order valence-corrected chi connectivity index (χ0v) is 14.7. The third kappa shape index (κ3) is 3.60. The minimum absolute atomic E-state index is 0.0629. The summed E-state index contributed by atoms with van der Waals surface area (Å²) in [6.07, 6.45) is 7.21. The van der Waals surface area contributed by atoms with E-state index in [2.05, 4.69) is 22.8 Å². The normalized spacial score (nSPS) is 24.5. The molecule has 1 N–H and O–H groups in total. The maximum absolute atomic E-state index is 12.5. The monoisotopic (exact) mass is 334 g/mol. The summed E-state index contributed by atoms with van der Waals surface area (Å²) in [5.74, 6) is -0.00216. The first kappa shape index (κ1) is 16.5. The standard InChI is InChI=1S/C18H26N2O2S/c1-20-10-7-14(12-16(20)21)17(22)19-13-18(8-3-2-4-9-18)15-6-5-11-23-15/h5-6,11,14H,2-4,7-10,12-13H2,1H3,(H,19,22). The summed E-state index contributed by atoms with van der Waals surface area (Å²) in [6, 6.07) is 4.31. The lowest BCUT2D eigenvalue weighted by molar-refractivity contribution is -0.139. The molecule has 0 spiro atoms. The van der Waals surface area contributed by atoms with Crippen LogP contribution < -0.4 is 5.32 Å². The second kappa shape index (κ2) is 7.04. The molecule has 1 aromatic rings. The highest BCUT2D eigenvalue weighted by molar-refractivity contribution is 7.10. The lowest BCUT2D eigenvalue weighted by atomic mass is 9.73. The fraction of sp³-hybridized carbons (Fsp3) is 0.667. The van der Waals surface area contributed by atoms with Gasteiger partial charge in [0.1, 0.15) is 0 Å². The number of amides is 2. The van der Waals surface area contributed by atoms with Crippen LogP contribution >= 0.6 is 11.3 Å². The topological polar surface area (TPSA) is 49.4 Å². The molecule has 0 aromatic carbocycles. The lowest BCUT2D eigenvalue weighted by Crippen LogP contribution is -2.46. The molecule has 1 aromatic heterocycles. The Morgan fingerprint density at radius 1 is 1.39 bits per heavy atom. The fourth-order valence-electron chi connectivity index (χ4n) is 3.89. The maximum Gasteiger partial charge on any atom is 0.223 e. The summed E-state index contributed by atoms with van der Waals surface area (Å²) in [5.41, 5.74) is 0.109. The molecule has 2 amide bonds. The fourth-order valence-corrected chi connectivity index (χ4v) is 4.87. The van der Waals surface area contributed by atoms with Crippen molar-refractivity contribution in [2.24, 2.45) is 5.92 Å². The Labute approximate surface area is 142 Å². The highest BCUT2D eigenvalue weighted by Crippen LogP contribution is 2.41. The predicted octanol–water partition coefficient (Wildman–Crippen LogP) is 2.93.